The summed E-state index contributed by atoms with van der Waals surface area (Å²) in [5.74, 6) is 2.05. The summed E-state index contributed by atoms with van der Waals surface area (Å²) >= 11 is 0. The van der Waals surface area contributed by atoms with Crippen molar-refractivity contribution in [2.75, 3.05) is 13.2 Å². The van der Waals surface area contributed by atoms with E-state index in [1.807, 2.05) is 0 Å². The molecule has 0 aromatic heterocycles. The van der Waals surface area contributed by atoms with Crippen molar-refractivity contribution < 1.29 is 9.53 Å². The Kier molecular flexibility index (Phi) is 5.53. The second-order valence-electron chi connectivity index (χ2n) is 8.85. The number of hydrogen-bond donors (Lipinski definition) is 0. The predicted octanol–water partition coefficient (Wildman–Crippen LogP) is 5.03. The lowest BCUT2D eigenvalue weighted by Gasteiger charge is -2.42. The van der Waals surface area contributed by atoms with Gasteiger partial charge in [-0.1, -0.05) is 46.8 Å². The molecule has 0 amide bonds. The average molecular weight is 306 g/mol. The summed E-state index contributed by atoms with van der Waals surface area (Å²) < 4.78 is 5.88. The Morgan fingerprint density at radius 1 is 1.36 bits per heavy atom. The van der Waals surface area contributed by atoms with E-state index in [1.165, 1.54) is 12.8 Å². The SMILES string of the molecule is C[C@H](COC/C=C/C(C)(C)C)[C@H]1CC[C@H]2C(=O)CCC[C@]12C. The zero-order valence-corrected chi connectivity index (χ0v) is 15.2. The van der Waals surface area contributed by atoms with Crippen LogP contribution in [-0.4, -0.2) is 19.0 Å². The number of Topliss-reactive ketones (excluding diaryl/α,β-unsaturated/α-hetero) is 1. The van der Waals surface area contributed by atoms with Crippen molar-refractivity contribution in [3.8, 4) is 0 Å². The van der Waals surface area contributed by atoms with E-state index in [1.54, 1.807) is 0 Å². The van der Waals surface area contributed by atoms with E-state index < -0.39 is 0 Å². The van der Waals surface area contributed by atoms with E-state index in [9.17, 15) is 4.79 Å². The first-order valence-electron chi connectivity index (χ1n) is 9.02. The number of allylic oxidation sites excluding steroid dienone is 1. The molecule has 2 heteroatoms. The van der Waals surface area contributed by atoms with Crippen molar-refractivity contribution in [3.63, 3.8) is 0 Å². The lowest BCUT2D eigenvalue weighted by molar-refractivity contribution is -0.130. The van der Waals surface area contributed by atoms with Gasteiger partial charge in [0, 0.05) is 18.9 Å². The summed E-state index contributed by atoms with van der Waals surface area (Å²) in [5.41, 5.74) is 0.461. The third-order valence-corrected chi connectivity index (χ3v) is 5.84. The summed E-state index contributed by atoms with van der Waals surface area (Å²) in [6.45, 7) is 12.8. The molecule has 0 heterocycles. The van der Waals surface area contributed by atoms with Gasteiger partial charge in [-0.2, -0.15) is 0 Å². The van der Waals surface area contributed by atoms with Crippen molar-refractivity contribution in [1.82, 2.24) is 0 Å². The van der Waals surface area contributed by atoms with Crippen molar-refractivity contribution in [3.05, 3.63) is 12.2 Å². The molecular formula is C20H34O2. The van der Waals surface area contributed by atoms with E-state index >= 15 is 0 Å². The third-order valence-electron chi connectivity index (χ3n) is 5.84. The zero-order valence-electron chi connectivity index (χ0n) is 15.2. The van der Waals surface area contributed by atoms with Gasteiger partial charge in [0.2, 0.25) is 0 Å². The molecule has 0 spiro atoms. The Morgan fingerprint density at radius 2 is 2.09 bits per heavy atom. The van der Waals surface area contributed by atoms with Gasteiger partial charge in [0.25, 0.3) is 0 Å². The number of carbonyl (C=O) groups excluding carboxylic acids is 1. The molecule has 2 aliphatic carbocycles. The van der Waals surface area contributed by atoms with Crippen LogP contribution in [0.15, 0.2) is 12.2 Å². The molecule has 0 aliphatic heterocycles. The van der Waals surface area contributed by atoms with Gasteiger partial charge < -0.3 is 4.74 Å². The smallest absolute Gasteiger partial charge is 0.136 e. The van der Waals surface area contributed by atoms with Crippen LogP contribution in [0.2, 0.25) is 0 Å². The standard InChI is InChI=1S/C20H34O2/c1-15(14-22-13-7-11-19(2,3)4)16-9-10-17-18(21)8-6-12-20(16,17)5/h7,11,15-17H,6,8-10,12-14H2,1-5H3/b11-7+/t15-,16-,17+,20-/m1/s1. The van der Waals surface area contributed by atoms with Gasteiger partial charge in [0.1, 0.15) is 5.78 Å². The Labute approximate surface area is 136 Å². The second-order valence-corrected chi connectivity index (χ2v) is 8.85. The van der Waals surface area contributed by atoms with Crippen LogP contribution in [0.4, 0.5) is 0 Å². The molecule has 0 unspecified atom stereocenters. The first-order chi connectivity index (χ1) is 10.2. The first kappa shape index (κ1) is 17.7. The number of hydrogen-bond acceptors (Lipinski definition) is 2. The maximum atomic E-state index is 12.2. The van der Waals surface area contributed by atoms with Gasteiger partial charge in [-0.05, 0) is 48.3 Å². The fourth-order valence-electron chi connectivity index (χ4n) is 4.74. The molecule has 22 heavy (non-hydrogen) atoms. The molecule has 0 aromatic carbocycles. The Balaban J connectivity index is 1.84. The Hall–Kier alpha value is -0.630. The van der Waals surface area contributed by atoms with Crippen LogP contribution in [0.5, 0.6) is 0 Å². The Bertz CT molecular complexity index is 418. The summed E-state index contributed by atoms with van der Waals surface area (Å²) in [6.07, 6.45) is 9.78. The fourth-order valence-corrected chi connectivity index (χ4v) is 4.74. The van der Waals surface area contributed by atoms with E-state index in [4.69, 9.17) is 4.74 Å². The highest BCUT2D eigenvalue weighted by molar-refractivity contribution is 5.83. The highest BCUT2D eigenvalue weighted by Gasteiger charge is 2.52. The maximum absolute atomic E-state index is 12.2. The van der Waals surface area contributed by atoms with Crippen LogP contribution in [-0.2, 0) is 9.53 Å². The van der Waals surface area contributed by atoms with Crippen LogP contribution >= 0.6 is 0 Å². The summed E-state index contributed by atoms with van der Waals surface area (Å²) in [5, 5.41) is 0. The summed E-state index contributed by atoms with van der Waals surface area (Å²) in [6, 6.07) is 0. The second kappa shape index (κ2) is 6.86. The third kappa shape index (κ3) is 4.01. The minimum Gasteiger partial charge on any atom is -0.377 e. The molecule has 4 atom stereocenters. The van der Waals surface area contributed by atoms with Crippen molar-refractivity contribution in [1.29, 1.82) is 0 Å². The van der Waals surface area contributed by atoms with Gasteiger partial charge in [0.15, 0.2) is 0 Å². The van der Waals surface area contributed by atoms with E-state index in [0.29, 0.717) is 30.1 Å². The monoisotopic (exact) mass is 306 g/mol. The molecule has 2 saturated carbocycles. The summed E-state index contributed by atoms with van der Waals surface area (Å²) in [4.78, 5) is 12.2. The van der Waals surface area contributed by atoms with Crippen LogP contribution in [0, 0.1) is 28.6 Å². The maximum Gasteiger partial charge on any atom is 0.136 e. The normalized spacial score (nSPS) is 34.1. The lowest BCUT2D eigenvalue weighted by atomic mass is 9.62. The molecular weight excluding hydrogens is 272 g/mol. The largest absolute Gasteiger partial charge is 0.377 e. The molecule has 0 aromatic rings. The molecule has 0 saturated heterocycles. The molecule has 0 N–H and O–H groups in total. The van der Waals surface area contributed by atoms with E-state index in [2.05, 4.69) is 46.8 Å². The van der Waals surface area contributed by atoms with Gasteiger partial charge in [-0.15, -0.1) is 0 Å². The van der Waals surface area contributed by atoms with Gasteiger partial charge in [0.05, 0.1) is 6.61 Å². The van der Waals surface area contributed by atoms with Gasteiger partial charge in [-0.25, -0.2) is 0 Å². The molecule has 0 bridgehead atoms. The highest BCUT2D eigenvalue weighted by atomic mass is 16.5. The van der Waals surface area contributed by atoms with Crippen molar-refractivity contribution >= 4 is 5.78 Å². The van der Waals surface area contributed by atoms with Gasteiger partial charge >= 0.3 is 0 Å². The van der Waals surface area contributed by atoms with E-state index in [-0.39, 0.29) is 10.8 Å². The predicted molar refractivity (Wildman–Crippen MR) is 91.8 cm³/mol. The molecule has 2 aliphatic rings. The van der Waals surface area contributed by atoms with E-state index in [0.717, 1.165) is 25.9 Å². The molecule has 2 rings (SSSR count). The minimum atomic E-state index is 0.226. The van der Waals surface area contributed by atoms with Crippen molar-refractivity contribution in [2.24, 2.45) is 28.6 Å². The number of ether oxygens (including phenoxy) is 1. The lowest BCUT2D eigenvalue weighted by Crippen LogP contribution is -2.40. The fraction of sp³-hybridized carbons (Fsp3) is 0.850. The van der Waals surface area contributed by atoms with Crippen LogP contribution in [0.3, 0.4) is 0 Å². The Morgan fingerprint density at radius 3 is 2.77 bits per heavy atom. The number of rotatable bonds is 5. The molecule has 126 valence electrons. The molecule has 0 radical (unpaired) electrons. The topological polar surface area (TPSA) is 26.3 Å². The van der Waals surface area contributed by atoms with Crippen molar-refractivity contribution in [2.45, 2.75) is 66.7 Å². The molecule has 2 fully saturated rings. The van der Waals surface area contributed by atoms with Crippen LogP contribution in [0.1, 0.15) is 66.7 Å². The molecule has 2 nitrogen and oxygen atoms in total. The number of ketones is 1. The number of carbonyl (C=O) groups is 1. The zero-order chi connectivity index (χ0) is 16.4. The minimum absolute atomic E-state index is 0.226. The average Bonchev–Trinajstić information content (AvgIpc) is 2.75. The number of fused-ring (bicyclic) bond motifs is 1. The van der Waals surface area contributed by atoms with Gasteiger partial charge in [-0.3, -0.25) is 4.79 Å². The van der Waals surface area contributed by atoms with Crippen LogP contribution < -0.4 is 0 Å². The highest BCUT2D eigenvalue weighted by Crippen LogP contribution is 2.56. The summed E-state index contributed by atoms with van der Waals surface area (Å²) in [7, 11) is 0. The first-order valence-corrected chi connectivity index (χ1v) is 9.02. The van der Waals surface area contributed by atoms with Crippen LogP contribution in [0.25, 0.3) is 0 Å². The quantitative estimate of drug-likeness (QED) is 0.526.